The van der Waals surface area contributed by atoms with Crippen molar-refractivity contribution in [1.29, 1.82) is 5.26 Å². The maximum absolute atomic E-state index is 12.2. The third-order valence-electron chi connectivity index (χ3n) is 4.70. The quantitative estimate of drug-likeness (QED) is 0.592. The lowest BCUT2D eigenvalue weighted by Gasteiger charge is -2.20. The van der Waals surface area contributed by atoms with Crippen LogP contribution in [-0.2, 0) is 9.53 Å². The molecule has 0 aliphatic rings. The molecule has 0 aliphatic heterocycles. The topological polar surface area (TPSA) is 59.3 Å². The lowest BCUT2D eigenvalue weighted by molar-refractivity contribution is -0.151. The number of rotatable bonds is 8. The maximum Gasteiger partial charge on any atom is 0.347 e. The van der Waals surface area contributed by atoms with Crippen LogP contribution in [0, 0.1) is 25.2 Å². The zero-order chi connectivity index (χ0) is 19.8. The molecule has 4 nitrogen and oxygen atoms in total. The minimum atomic E-state index is -0.580. The van der Waals surface area contributed by atoms with E-state index in [9.17, 15) is 4.79 Å². The fraction of sp³-hybridized carbons (Fsp3) is 0.391. The van der Waals surface area contributed by atoms with Gasteiger partial charge in [-0.2, -0.15) is 5.26 Å². The Morgan fingerprint density at radius 1 is 1.07 bits per heavy atom. The Kier molecular flexibility index (Phi) is 7.43. The van der Waals surface area contributed by atoms with Crippen LogP contribution in [0.5, 0.6) is 5.75 Å². The van der Waals surface area contributed by atoms with Crippen LogP contribution in [0.25, 0.3) is 11.1 Å². The largest absolute Gasteiger partial charge is 0.478 e. The molecule has 0 spiro atoms. The number of ether oxygens (including phenoxy) is 2. The van der Waals surface area contributed by atoms with E-state index in [2.05, 4.69) is 13.0 Å². The van der Waals surface area contributed by atoms with Crippen LogP contribution in [-0.4, -0.2) is 18.7 Å². The lowest BCUT2D eigenvalue weighted by atomic mass is 9.96. The van der Waals surface area contributed by atoms with Gasteiger partial charge >= 0.3 is 5.97 Å². The van der Waals surface area contributed by atoms with Crippen molar-refractivity contribution in [3.63, 3.8) is 0 Å². The molecule has 0 fully saturated rings. The van der Waals surface area contributed by atoms with Crippen molar-refractivity contribution >= 4 is 5.97 Å². The second kappa shape index (κ2) is 9.78. The molecule has 142 valence electrons. The number of hydrogen-bond donors (Lipinski definition) is 0. The molecule has 0 saturated carbocycles. The van der Waals surface area contributed by atoms with Gasteiger partial charge in [0.25, 0.3) is 0 Å². The van der Waals surface area contributed by atoms with Crippen LogP contribution >= 0.6 is 0 Å². The fourth-order valence-corrected chi connectivity index (χ4v) is 2.96. The van der Waals surface area contributed by atoms with Crippen LogP contribution in [0.15, 0.2) is 36.4 Å². The summed E-state index contributed by atoms with van der Waals surface area (Å²) in [6.45, 7) is 8.28. The molecular weight excluding hydrogens is 338 g/mol. The molecule has 2 rings (SSSR count). The number of unbranched alkanes of at least 4 members (excludes halogenated alkanes) is 1. The van der Waals surface area contributed by atoms with E-state index in [1.807, 2.05) is 50.2 Å². The summed E-state index contributed by atoms with van der Waals surface area (Å²) in [5, 5.41) is 8.96. The Bertz CT molecular complexity index is 819. The highest BCUT2D eigenvalue weighted by Gasteiger charge is 2.22. The molecule has 1 unspecified atom stereocenters. The zero-order valence-corrected chi connectivity index (χ0v) is 16.5. The monoisotopic (exact) mass is 365 g/mol. The van der Waals surface area contributed by atoms with Crippen LogP contribution in [0.1, 0.15) is 49.8 Å². The first kappa shape index (κ1) is 20.5. The van der Waals surface area contributed by atoms with Crippen molar-refractivity contribution in [1.82, 2.24) is 0 Å². The minimum absolute atomic E-state index is 0.306. The zero-order valence-electron chi connectivity index (χ0n) is 16.5. The molecule has 4 heteroatoms. The van der Waals surface area contributed by atoms with Crippen LogP contribution in [0.2, 0.25) is 0 Å². The van der Waals surface area contributed by atoms with E-state index in [0.717, 1.165) is 35.1 Å². The summed E-state index contributed by atoms with van der Waals surface area (Å²) in [5.74, 6) is 0.401. The Morgan fingerprint density at radius 2 is 1.78 bits per heavy atom. The van der Waals surface area contributed by atoms with Gasteiger partial charge in [-0.1, -0.05) is 31.5 Å². The predicted molar refractivity (Wildman–Crippen MR) is 107 cm³/mol. The number of nitriles is 1. The highest BCUT2D eigenvalue weighted by molar-refractivity contribution is 5.75. The van der Waals surface area contributed by atoms with Gasteiger partial charge in [-0.25, -0.2) is 4.79 Å². The normalized spacial score (nSPS) is 11.5. The molecule has 1 atom stereocenters. The van der Waals surface area contributed by atoms with Crippen LogP contribution in [0.4, 0.5) is 0 Å². The van der Waals surface area contributed by atoms with Gasteiger partial charge in [0.2, 0.25) is 0 Å². The van der Waals surface area contributed by atoms with Gasteiger partial charge in [-0.3, -0.25) is 0 Å². The Morgan fingerprint density at radius 3 is 2.37 bits per heavy atom. The molecule has 0 saturated heterocycles. The summed E-state index contributed by atoms with van der Waals surface area (Å²) in [5.41, 5.74) is 4.87. The summed E-state index contributed by atoms with van der Waals surface area (Å²) in [6, 6.07) is 13.6. The van der Waals surface area contributed by atoms with Crippen LogP contribution < -0.4 is 4.74 Å². The molecular formula is C23H27NO3. The average molecular weight is 365 g/mol. The van der Waals surface area contributed by atoms with Gasteiger partial charge < -0.3 is 9.47 Å². The van der Waals surface area contributed by atoms with E-state index in [-0.39, 0.29) is 5.97 Å². The van der Waals surface area contributed by atoms with Crippen molar-refractivity contribution in [2.45, 2.75) is 53.1 Å². The average Bonchev–Trinajstić information content (AvgIpc) is 2.68. The molecule has 0 radical (unpaired) electrons. The summed E-state index contributed by atoms with van der Waals surface area (Å²) >= 11 is 0. The van der Waals surface area contributed by atoms with Crippen molar-refractivity contribution in [2.75, 3.05) is 6.61 Å². The second-order valence-corrected chi connectivity index (χ2v) is 6.55. The number of nitrogens with zero attached hydrogens (tertiary/aromatic N) is 1. The lowest BCUT2D eigenvalue weighted by Crippen LogP contribution is -2.29. The van der Waals surface area contributed by atoms with E-state index in [4.69, 9.17) is 14.7 Å². The fourth-order valence-electron chi connectivity index (χ4n) is 2.96. The molecule has 0 heterocycles. The molecule has 0 aliphatic carbocycles. The van der Waals surface area contributed by atoms with Gasteiger partial charge in [-0.05, 0) is 74.1 Å². The first-order chi connectivity index (χ1) is 13.0. The van der Waals surface area contributed by atoms with E-state index in [1.165, 1.54) is 0 Å². The highest BCUT2D eigenvalue weighted by atomic mass is 16.6. The first-order valence-electron chi connectivity index (χ1n) is 9.45. The SMILES string of the molecule is CCCCC(Oc1ccc(-c2ccc(C#N)cc2)c(C)c1C)C(=O)OCC. The van der Waals surface area contributed by atoms with Gasteiger partial charge in [0.05, 0.1) is 18.2 Å². The van der Waals surface area contributed by atoms with Crippen LogP contribution in [0.3, 0.4) is 0 Å². The van der Waals surface area contributed by atoms with E-state index < -0.39 is 6.10 Å². The molecule has 2 aromatic rings. The second-order valence-electron chi connectivity index (χ2n) is 6.55. The maximum atomic E-state index is 12.2. The third kappa shape index (κ3) is 5.10. The van der Waals surface area contributed by atoms with Gasteiger partial charge in [-0.15, -0.1) is 0 Å². The van der Waals surface area contributed by atoms with E-state index >= 15 is 0 Å². The van der Waals surface area contributed by atoms with Crippen molar-refractivity contribution in [2.24, 2.45) is 0 Å². The molecule has 27 heavy (non-hydrogen) atoms. The molecule has 0 aromatic heterocycles. The van der Waals surface area contributed by atoms with Gasteiger partial charge in [0.1, 0.15) is 5.75 Å². The van der Waals surface area contributed by atoms with Gasteiger partial charge in [0, 0.05) is 0 Å². The molecule has 0 bridgehead atoms. The van der Waals surface area contributed by atoms with Crippen molar-refractivity contribution in [3.05, 3.63) is 53.1 Å². The Labute approximate surface area is 161 Å². The Hall–Kier alpha value is -2.80. The predicted octanol–water partition coefficient (Wildman–Crippen LogP) is 5.34. The number of carbonyl (C=O) groups is 1. The summed E-state index contributed by atoms with van der Waals surface area (Å²) < 4.78 is 11.2. The van der Waals surface area contributed by atoms with Gasteiger partial charge in [0.15, 0.2) is 6.10 Å². The van der Waals surface area contributed by atoms with E-state index in [0.29, 0.717) is 24.3 Å². The summed E-state index contributed by atoms with van der Waals surface area (Å²) in [6.07, 6.45) is 1.97. The number of benzene rings is 2. The molecule has 2 aromatic carbocycles. The smallest absolute Gasteiger partial charge is 0.347 e. The number of esters is 1. The summed E-state index contributed by atoms with van der Waals surface area (Å²) in [7, 11) is 0. The molecule has 0 N–H and O–H groups in total. The third-order valence-corrected chi connectivity index (χ3v) is 4.70. The standard InChI is InChI=1S/C23H27NO3/c1-5-7-8-22(23(25)26-6-2)27-21-14-13-20(16(3)17(21)4)19-11-9-18(15-24)10-12-19/h9-14,22H,5-8H2,1-4H3. The number of hydrogen-bond acceptors (Lipinski definition) is 4. The highest BCUT2D eigenvalue weighted by Crippen LogP contribution is 2.32. The van der Waals surface area contributed by atoms with E-state index in [1.54, 1.807) is 6.92 Å². The first-order valence-corrected chi connectivity index (χ1v) is 9.45. The molecule has 0 amide bonds. The number of carbonyl (C=O) groups excluding carboxylic acids is 1. The summed E-state index contributed by atoms with van der Waals surface area (Å²) in [4.78, 5) is 12.2. The minimum Gasteiger partial charge on any atom is -0.478 e. The van der Waals surface area contributed by atoms with Crippen molar-refractivity contribution in [3.8, 4) is 22.9 Å². The Balaban J connectivity index is 2.28. The van der Waals surface area contributed by atoms with Crippen molar-refractivity contribution < 1.29 is 14.3 Å².